The van der Waals surface area contributed by atoms with E-state index in [2.05, 4.69) is 4.98 Å². The van der Waals surface area contributed by atoms with Gasteiger partial charge in [0.25, 0.3) is 0 Å². The van der Waals surface area contributed by atoms with Gasteiger partial charge in [-0.3, -0.25) is 4.57 Å². The molecule has 96 valence electrons. The van der Waals surface area contributed by atoms with Crippen molar-refractivity contribution in [2.75, 3.05) is 0 Å². The molecule has 0 aliphatic rings. The van der Waals surface area contributed by atoms with Crippen LogP contribution in [-0.4, -0.2) is 9.55 Å². The number of aromatic nitrogens is 2. The molecule has 5 nitrogen and oxygen atoms in total. The van der Waals surface area contributed by atoms with Crippen molar-refractivity contribution >= 4 is 0 Å². The van der Waals surface area contributed by atoms with Gasteiger partial charge in [-0.05, 0) is 39.0 Å². The fraction of sp³-hybridized carbons (Fsp3) is 0.385. The summed E-state index contributed by atoms with van der Waals surface area (Å²) in [6, 6.07) is 5.21. The van der Waals surface area contributed by atoms with E-state index in [0.29, 0.717) is 12.3 Å². The highest BCUT2D eigenvalue weighted by molar-refractivity contribution is 5.11. The maximum atomic E-state index is 11.8. The SMILES string of the molecule is Cc1cc(C)n(CC(N)c2ccc(C)o2)c(=O)n1. The van der Waals surface area contributed by atoms with E-state index in [0.717, 1.165) is 17.1 Å². The number of aryl methyl sites for hydroxylation is 3. The predicted molar refractivity (Wildman–Crippen MR) is 68.3 cm³/mol. The zero-order valence-corrected chi connectivity index (χ0v) is 10.8. The van der Waals surface area contributed by atoms with E-state index in [-0.39, 0.29) is 11.7 Å². The molecule has 2 aromatic rings. The number of hydrogen-bond donors (Lipinski definition) is 1. The van der Waals surface area contributed by atoms with Gasteiger partial charge >= 0.3 is 5.69 Å². The Morgan fingerprint density at radius 2 is 2.11 bits per heavy atom. The van der Waals surface area contributed by atoms with E-state index < -0.39 is 0 Å². The minimum Gasteiger partial charge on any atom is -0.465 e. The van der Waals surface area contributed by atoms with Gasteiger partial charge in [-0.1, -0.05) is 0 Å². The van der Waals surface area contributed by atoms with E-state index in [1.807, 2.05) is 32.0 Å². The van der Waals surface area contributed by atoms with Crippen LogP contribution in [0.15, 0.2) is 27.4 Å². The van der Waals surface area contributed by atoms with Gasteiger partial charge in [-0.25, -0.2) is 4.79 Å². The van der Waals surface area contributed by atoms with E-state index in [1.54, 1.807) is 11.5 Å². The first kappa shape index (κ1) is 12.6. The maximum absolute atomic E-state index is 11.8. The molecule has 2 heterocycles. The van der Waals surface area contributed by atoms with Gasteiger partial charge in [0.15, 0.2) is 0 Å². The predicted octanol–water partition coefficient (Wildman–Crippen LogP) is 1.46. The molecule has 2 aromatic heterocycles. The number of rotatable bonds is 3. The molecule has 0 amide bonds. The summed E-state index contributed by atoms with van der Waals surface area (Å²) in [4.78, 5) is 15.7. The molecule has 0 saturated carbocycles. The van der Waals surface area contributed by atoms with Crippen LogP contribution in [0, 0.1) is 20.8 Å². The van der Waals surface area contributed by atoms with Crippen molar-refractivity contribution in [1.82, 2.24) is 9.55 Å². The van der Waals surface area contributed by atoms with Crippen LogP contribution in [0.2, 0.25) is 0 Å². The first-order valence-corrected chi connectivity index (χ1v) is 5.84. The van der Waals surface area contributed by atoms with Gasteiger partial charge in [0.2, 0.25) is 0 Å². The fourth-order valence-corrected chi connectivity index (χ4v) is 1.94. The molecular weight excluding hydrogens is 230 g/mol. The zero-order valence-electron chi connectivity index (χ0n) is 10.8. The molecule has 0 bridgehead atoms. The molecular formula is C13H17N3O2. The van der Waals surface area contributed by atoms with Crippen LogP contribution in [0.1, 0.15) is 29.0 Å². The number of nitrogens with two attached hydrogens (primary N) is 1. The Bertz CT molecular complexity index is 613. The Morgan fingerprint density at radius 3 is 2.67 bits per heavy atom. The lowest BCUT2D eigenvalue weighted by molar-refractivity contribution is 0.412. The van der Waals surface area contributed by atoms with Gasteiger partial charge in [-0.2, -0.15) is 4.98 Å². The minimum absolute atomic E-state index is 0.272. The van der Waals surface area contributed by atoms with Crippen molar-refractivity contribution in [3.63, 3.8) is 0 Å². The first-order valence-electron chi connectivity index (χ1n) is 5.84. The smallest absolute Gasteiger partial charge is 0.348 e. The molecule has 0 spiro atoms. The average molecular weight is 247 g/mol. The summed E-state index contributed by atoms with van der Waals surface area (Å²) in [5, 5.41) is 0. The van der Waals surface area contributed by atoms with Crippen molar-refractivity contribution in [1.29, 1.82) is 0 Å². The highest BCUT2D eigenvalue weighted by atomic mass is 16.3. The van der Waals surface area contributed by atoms with Gasteiger partial charge in [0.1, 0.15) is 11.5 Å². The molecule has 5 heteroatoms. The van der Waals surface area contributed by atoms with Crippen molar-refractivity contribution in [2.45, 2.75) is 33.4 Å². The van der Waals surface area contributed by atoms with Crippen LogP contribution < -0.4 is 11.4 Å². The molecule has 0 aliphatic carbocycles. The monoisotopic (exact) mass is 247 g/mol. The molecule has 0 aliphatic heterocycles. The van der Waals surface area contributed by atoms with Crippen LogP contribution in [0.5, 0.6) is 0 Å². The molecule has 0 fully saturated rings. The number of hydrogen-bond acceptors (Lipinski definition) is 4. The minimum atomic E-state index is -0.348. The highest BCUT2D eigenvalue weighted by Gasteiger charge is 2.13. The van der Waals surface area contributed by atoms with Crippen molar-refractivity contribution in [3.8, 4) is 0 Å². The van der Waals surface area contributed by atoms with Crippen LogP contribution in [-0.2, 0) is 6.54 Å². The molecule has 2 N–H and O–H groups in total. The van der Waals surface area contributed by atoms with Crippen LogP contribution in [0.25, 0.3) is 0 Å². The summed E-state index contributed by atoms with van der Waals surface area (Å²) >= 11 is 0. The second kappa shape index (κ2) is 4.78. The van der Waals surface area contributed by atoms with E-state index in [9.17, 15) is 4.79 Å². The third-order valence-electron chi connectivity index (χ3n) is 2.85. The standard InChI is InChI=1S/C13H17N3O2/c1-8-6-9(2)16(13(17)15-8)7-11(14)12-5-4-10(3)18-12/h4-6,11H,7,14H2,1-3H3. The first-order chi connectivity index (χ1) is 8.47. The van der Waals surface area contributed by atoms with Gasteiger partial charge in [0.05, 0.1) is 6.04 Å². The molecule has 0 saturated heterocycles. The lowest BCUT2D eigenvalue weighted by Crippen LogP contribution is -2.30. The lowest BCUT2D eigenvalue weighted by atomic mass is 10.2. The summed E-state index contributed by atoms with van der Waals surface area (Å²) in [7, 11) is 0. The van der Waals surface area contributed by atoms with Crippen LogP contribution in [0.3, 0.4) is 0 Å². The molecule has 2 rings (SSSR count). The Labute approximate surface area is 105 Å². The Morgan fingerprint density at radius 1 is 1.39 bits per heavy atom. The van der Waals surface area contributed by atoms with Crippen molar-refractivity contribution < 1.29 is 4.42 Å². The summed E-state index contributed by atoms with van der Waals surface area (Å²) in [6.07, 6.45) is 0. The third kappa shape index (κ3) is 2.51. The Kier molecular flexibility index (Phi) is 3.34. The van der Waals surface area contributed by atoms with E-state index in [4.69, 9.17) is 10.2 Å². The topological polar surface area (TPSA) is 74.1 Å². The average Bonchev–Trinajstić information content (AvgIpc) is 2.70. The Balaban J connectivity index is 2.27. The number of furan rings is 1. The van der Waals surface area contributed by atoms with Gasteiger partial charge < -0.3 is 10.2 Å². The van der Waals surface area contributed by atoms with E-state index >= 15 is 0 Å². The van der Waals surface area contributed by atoms with Crippen LogP contribution >= 0.6 is 0 Å². The summed E-state index contributed by atoms with van der Waals surface area (Å²) in [6.45, 7) is 5.90. The van der Waals surface area contributed by atoms with Crippen molar-refractivity contribution in [3.05, 3.63) is 51.6 Å². The quantitative estimate of drug-likeness (QED) is 0.891. The van der Waals surface area contributed by atoms with Gasteiger partial charge in [-0.15, -0.1) is 0 Å². The summed E-state index contributed by atoms with van der Waals surface area (Å²) < 4.78 is 7.03. The molecule has 1 unspecified atom stereocenters. The molecule has 0 radical (unpaired) electrons. The molecule has 18 heavy (non-hydrogen) atoms. The fourth-order valence-electron chi connectivity index (χ4n) is 1.94. The summed E-state index contributed by atoms with van der Waals surface area (Å²) in [5.41, 5.74) is 7.33. The Hall–Kier alpha value is -1.88. The zero-order chi connectivity index (χ0) is 13.3. The van der Waals surface area contributed by atoms with E-state index in [1.165, 1.54) is 0 Å². The second-order valence-corrected chi connectivity index (χ2v) is 4.49. The second-order valence-electron chi connectivity index (χ2n) is 4.49. The highest BCUT2D eigenvalue weighted by Crippen LogP contribution is 2.15. The molecule has 1 atom stereocenters. The van der Waals surface area contributed by atoms with Crippen LogP contribution in [0.4, 0.5) is 0 Å². The summed E-state index contributed by atoms with van der Waals surface area (Å²) in [5.74, 6) is 1.49. The largest absolute Gasteiger partial charge is 0.465 e. The lowest BCUT2D eigenvalue weighted by Gasteiger charge is -2.13. The normalized spacial score (nSPS) is 12.7. The number of nitrogens with zero attached hydrogens (tertiary/aromatic N) is 2. The van der Waals surface area contributed by atoms with Gasteiger partial charge in [0, 0.05) is 17.9 Å². The van der Waals surface area contributed by atoms with Crippen molar-refractivity contribution in [2.24, 2.45) is 5.73 Å². The maximum Gasteiger partial charge on any atom is 0.348 e. The third-order valence-corrected chi connectivity index (χ3v) is 2.85. The molecule has 0 aromatic carbocycles.